The lowest BCUT2D eigenvalue weighted by Gasteiger charge is -2.25. The first-order chi connectivity index (χ1) is 10.8. The van der Waals surface area contributed by atoms with E-state index in [0.717, 1.165) is 4.90 Å². The molecule has 0 spiro atoms. The minimum Gasteiger partial charge on any atom is -0.378 e. The Kier molecular flexibility index (Phi) is 2.90. The molecule has 0 saturated carbocycles. The van der Waals surface area contributed by atoms with E-state index in [2.05, 4.69) is 15.2 Å². The fourth-order valence-corrected chi connectivity index (χ4v) is 2.63. The van der Waals surface area contributed by atoms with Gasteiger partial charge in [-0.15, -0.1) is 5.10 Å². The zero-order chi connectivity index (χ0) is 15.1. The quantitative estimate of drug-likeness (QED) is 0.809. The number of morpholine rings is 1. The molecule has 1 fully saturated rings. The van der Waals surface area contributed by atoms with Crippen LogP contribution in [0, 0.1) is 0 Å². The Hall–Kier alpha value is -2.74. The van der Waals surface area contributed by atoms with E-state index in [-0.39, 0.29) is 17.8 Å². The highest BCUT2D eigenvalue weighted by atomic mass is 16.5. The van der Waals surface area contributed by atoms with E-state index in [1.807, 2.05) is 4.90 Å². The summed E-state index contributed by atoms with van der Waals surface area (Å²) in [7, 11) is 0. The molecule has 0 aliphatic carbocycles. The number of amides is 2. The number of nitrogens with one attached hydrogen (secondary N) is 1. The summed E-state index contributed by atoms with van der Waals surface area (Å²) in [5.41, 5.74) is 0.772. The number of nitrogens with zero attached hydrogens (tertiary/aromatic N) is 4. The summed E-state index contributed by atoms with van der Waals surface area (Å²) in [5.74, 6) is -0.155. The first kappa shape index (κ1) is 13.0. The number of carbonyl (C=O) groups excluding carboxylic acids is 2. The maximum Gasteiger partial charge on any atom is 0.268 e. The van der Waals surface area contributed by atoms with E-state index in [4.69, 9.17) is 4.74 Å². The Morgan fingerprint density at radius 2 is 1.68 bits per heavy atom. The lowest BCUT2D eigenvalue weighted by atomic mass is 10.1. The molecule has 112 valence electrons. The average Bonchev–Trinajstić information content (AvgIpc) is 3.13. The summed E-state index contributed by atoms with van der Waals surface area (Å²) in [4.78, 5) is 32.0. The number of carbonyl (C=O) groups is 2. The van der Waals surface area contributed by atoms with Crippen LogP contribution in [0.15, 0.2) is 24.3 Å². The number of anilines is 2. The third-order valence-corrected chi connectivity index (χ3v) is 3.76. The van der Waals surface area contributed by atoms with Crippen LogP contribution in [0.3, 0.4) is 0 Å². The van der Waals surface area contributed by atoms with Crippen LogP contribution in [0.25, 0.3) is 0 Å². The molecule has 22 heavy (non-hydrogen) atoms. The minimum absolute atomic E-state index is 0.146. The van der Waals surface area contributed by atoms with Gasteiger partial charge in [0.1, 0.15) is 0 Å². The second-order valence-corrected chi connectivity index (χ2v) is 5.05. The molecule has 4 rings (SSSR count). The van der Waals surface area contributed by atoms with Crippen LogP contribution in [0.1, 0.15) is 20.7 Å². The van der Waals surface area contributed by atoms with Crippen molar-refractivity contribution >= 4 is 23.7 Å². The second-order valence-electron chi connectivity index (χ2n) is 5.05. The highest BCUT2D eigenvalue weighted by molar-refractivity contribution is 6.33. The molecule has 8 nitrogen and oxygen atoms in total. The van der Waals surface area contributed by atoms with Crippen LogP contribution in [0.5, 0.6) is 0 Å². The van der Waals surface area contributed by atoms with Gasteiger partial charge in [-0.1, -0.05) is 12.1 Å². The average molecular weight is 299 g/mol. The molecule has 2 aliphatic rings. The Balaban J connectivity index is 1.65. The van der Waals surface area contributed by atoms with Gasteiger partial charge in [0.25, 0.3) is 11.8 Å². The monoisotopic (exact) mass is 299 g/mol. The van der Waals surface area contributed by atoms with Crippen molar-refractivity contribution in [2.45, 2.75) is 0 Å². The maximum absolute atomic E-state index is 12.4. The van der Waals surface area contributed by atoms with Crippen LogP contribution in [-0.2, 0) is 4.74 Å². The molecule has 1 saturated heterocycles. The van der Waals surface area contributed by atoms with Gasteiger partial charge in [-0.05, 0) is 12.1 Å². The number of rotatable bonds is 2. The van der Waals surface area contributed by atoms with Crippen molar-refractivity contribution in [3.05, 3.63) is 35.4 Å². The highest BCUT2D eigenvalue weighted by Crippen LogP contribution is 2.26. The van der Waals surface area contributed by atoms with Gasteiger partial charge in [-0.3, -0.25) is 9.59 Å². The van der Waals surface area contributed by atoms with E-state index in [0.29, 0.717) is 43.4 Å². The molecule has 0 bridgehead atoms. The van der Waals surface area contributed by atoms with Gasteiger partial charge in [-0.2, -0.15) is 4.98 Å². The fourth-order valence-electron chi connectivity index (χ4n) is 2.63. The number of hydrogen-bond acceptors (Lipinski definition) is 6. The molecule has 2 aliphatic heterocycles. The van der Waals surface area contributed by atoms with Gasteiger partial charge < -0.3 is 9.64 Å². The van der Waals surface area contributed by atoms with Crippen molar-refractivity contribution in [3.63, 3.8) is 0 Å². The van der Waals surface area contributed by atoms with Crippen LogP contribution >= 0.6 is 0 Å². The summed E-state index contributed by atoms with van der Waals surface area (Å²) < 4.78 is 5.28. The lowest BCUT2D eigenvalue weighted by molar-refractivity contribution is 0.0924. The van der Waals surface area contributed by atoms with Crippen LogP contribution in [0.2, 0.25) is 0 Å². The smallest absolute Gasteiger partial charge is 0.268 e. The number of H-pyrrole nitrogens is 1. The number of ether oxygens (including phenoxy) is 1. The molecule has 1 aromatic heterocycles. The van der Waals surface area contributed by atoms with Gasteiger partial charge in [0.05, 0.1) is 24.3 Å². The van der Waals surface area contributed by atoms with E-state index < -0.39 is 0 Å². The SMILES string of the molecule is O=C1c2ccccc2C(=O)N1c1nc(N2CCOCC2)n[nH]1. The molecule has 2 aromatic rings. The molecule has 0 radical (unpaired) electrons. The molecule has 2 amide bonds. The number of fused-ring (bicyclic) bond motifs is 1. The number of hydrogen-bond donors (Lipinski definition) is 1. The molecular weight excluding hydrogens is 286 g/mol. The third kappa shape index (κ3) is 1.88. The Morgan fingerprint density at radius 1 is 1.05 bits per heavy atom. The standard InChI is InChI=1S/C14H13N5O3/c20-11-9-3-1-2-4-10(9)12(21)19(11)14-15-13(16-17-14)18-5-7-22-8-6-18/h1-4H,5-8H2,(H,15,16,17). The van der Waals surface area contributed by atoms with Crippen LogP contribution in [-0.4, -0.2) is 53.3 Å². The lowest BCUT2D eigenvalue weighted by Crippen LogP contribution is -2.37. The number of benzene rings is 1. The van der Waals surface area contributed by atoms with Crippen molar-refractivity contribution < 1.29 is 14.3 Å². The summed E-state index contributed by atoms with van der Waals surface area (Å²) in [6.07, 6.45) is 0. The van der Waals surface area contributed by atoms with Gasteiger partial charge in [0.15, 0.2) is 0 Å². The first-order valence-corrected chi connectivity index (χ1v) is 6.98. The predicted molar refractivity (Wildman–Crippen MR) is 77.0 cm³/mol. The number of aromatic amines is 1. The molecule has 1 aromatic carbocycles. The van der Waals surface area contributed by atoms with Crippen molar-refractivity contribution in [2.75, 3.05) is 36.1 Å². The normalized spacial score (nSPS) is 18.0. The van der Waals surface area contributed by atoms with E-state index >= 15 is 0 Å². The highest BCUT2D eigenvalue weighted by Gasteiger charge is 2.38. The topological polar surface area (TPSA) is 91.4 Å². The Morgan fingerprint density at radius 3 is 2.32 bits per heavy atom. The van der Waals surface area contributed by atoms with Crippen molar-refractivity contribution in [1.82, 2.24) is 15.2 Å². The largest absolute Gasteiger partial charge is 0.378 e. The number of aromatic nitrogens is 3. The summed E-state index contributed by atoms with van der Waals surface area (Å²) in [6, 6.07) is 6.73. The van der Waals surface area contributed by atoms with E-state index in [1.165, 1.54) is 0 Å². The molecule has 3 heterocycles. The van der Waals surface area contributed by atoms with Gasteiger partial charge >= 0.3 is 0 Å². The Labute approximate surface area is 125 Å². The molecule has 0 atom stereocenters. The predicted octanol–water partition coefficient (Wildman–Crippen LogP) is 0.442. The zero-order valence-corrected chi connectivity index (χ0v) is 11.7. The molecule has 8 heteroatoms. The van der Waals surface area contributed by atoms with Crippen molar-refractivity contribution in [2.24, 2.45) is 0 Å². The molecule has 1 N–H and O–H groups in total. The van der Waals surface area contributed by atoms with Gasteiger partial charge in [0, 0.05) is 13.1 Å². The minimum atomic E-state index is -0.384. The first-order valence-electron chi connectivity index (χ1n) is 6.98. The van der Waals surface area contributed by atoms with Gasteiger partial charge in [0.2, 0.25) is 11.9 Å². The summed E-state index contributed by atoms with van der Waals surface area (Å²) in [6.45, 7) is 2.58. The van der Waals surface area contributed by atoms with Crippen molar-refractivity contribution in [1.29, 1.82) is 0 Å². The summed E-state index contributed by atoms with van der Waals surface area (Å²) in [5, 5.41) is 6.79. The maximum atomic E-state index is 12.4. The van der Waals surface area contributed by atoms with Crippen LogP contribution in [0.4, 0.5) is 11.9 Å². The molecule has 0 unspecified atom stereocenters. The third-order valence-electron chi connectivity index (χ3n) is 3.76. The fraction of sp³-hybridized carbons (Fsp3) is 0.286. The summed E-state index contributed by atoms with van der Waals surface area (Å²) >= 11 is 0. The van der Waals surface area contributed by atoms with Crippen molar-refractivity contribution in [3.8, 4) is 0 Å². The van der Waals surface area contributed by atoms with Gasteiger partial charge in [-0.25, -0.2) is 10.00 Å². The Bertz CT molecular complexity index is 715. The zero-order valence-electron chi connectivity index (χ0n) is 11.7. The van der Waals surface area contributed by atoms with Crippen LogP contribution < -0.4 is 9.80 Å². The number of imide groups is 1. The molecular formula is C14H13N5O3. The second kappa shape index (κ2) is 4.92. The van der Waals surface area contributed by atoms with E-state index in [9.17, 15) is 9.59 Å². The van der Waals surface area contributed by atoms with E-state index in [1.54, 1.807) is 24.3 Å².